The van der Waals surface area contributed by atoms with Gasteiger partial charge in [0.05, 0.1) is 0 Å². The summed E-state index contributed by atoms with van der Waals surface area (Å²) in [6.45, 7) is 2.04. The Morgan fingerprint density at radius 3 is 2.88 bits per heavy atom. The fraction of sp³-hybridized carbons (Fsp3) is 0.333. The molecule has 0 atom stereocenters. The lowest BCUT2D eigenvalue weighted by Crippen LogP contribution is -1.79. The molecular weight excluding hydrogens is 120 g/mol. The van der Waals surface area contributed by atoms with Crippen molar-refractivity contribution in [2.45, 2.75) is 6.92 Å². The van der Waals surface area contributed by atoms with Crippen LogP contribution in [-0.4, -0.2) is 6.61 Å². The number of rotatable bonds is 1. The van der Waals surface area contributed by atoms with Gasteiger partial charge in [-0.25, -0.2) is 0 Å². The second-order valence-electron chi connectivity index (χ2n) is 0.929. The highest BCUT2D eigenvalue weighted by Crippen LogP contribution is 1.67. The molecule has 1 nitrogen and oxygen atoms in total. The highest BCUT2D eigenvalue weighted by Gasteiger charge is 1.66. The first-order valence-corrected chi connectivity index (χ1v) is 2.52. The lowest BCUT2D eigenvalue weighted by Gasteiger charge is -1.81. The van der Waals surface area contributed by atoms with Crippen LogP contribution in [-0.2, 0) is 4.74 Å². The monoisotopic (exact) mass is 126 g/mol. The highest BCUT2D eigenvalue weighted by molar-refractivity contribution is 7.85. The van der Waals surface area contributed by atoms with Gasteiger partial charge in [0.25, 0.3) is 0 Å². The first kappa shape index (κ1) is 7.27. The summed E-state index contributed by atoms with van der Waals surface area (Å²) in [4.78, 5) is 0. The van der Waals surface area contributed by atoms with Crippen molar-refractivity contribution < 1.29 is 4.74 Å². The molecule has 0 amide bonds. The van der Waals surface area contributed by atoms with Gasteiger partial charge in [-0.1, -0.05) is 18.5 Å². The van der Waals surface area contributed by atoms with E-state index in [1.807, 2.05) is 0 Å². The third-order valence-corrected chi connectivity index (χ3v) is 0.556. The van der Waals surface area contributed by atoms with Gasteiger partial charge >= 0.3 is 0 Å². The maximum atomic E-state index is 4.64. The Balaban J connectivity index is 3.10. The van der Waals surface area contributed by atoms with Crippen molar-refractivity contribution in [2.75, 3.05) is 6.61 Å². The van der Waals surface area contributed by atoms with Gasteiger partial charge in [0.15, 0.2) is 6.61 Å². The van der Waals surface area contributed by atoms with Gasteiger partial charge in [-0.2, -0.15) is 0 Å². The van der Waals surface area contributed by atoms with Crippen LogP contribution in [0.25, 0.3) is 0 Å². The fourth-order valence-corrected chi connectivity index (χ4v) is 0.241. The zero-order chi connectivity index (χ0) is 6.24. The van der Waals surface area contributed by atoms with E-state index in [1.165, 1.54) is 0 Å². The van der Waals surface area contributed by atoms with Crippen molar-refractivity contribution in [1.82, 2.24) is 0 Å². The van der Waals surface area contributed by atoms with Crippen molar-refractivity contribution >= 4 is 12.6 Å². The zero-order valence-corrected chi connectivity index (χ0v) is 5.46. The molecule has 8 heavy (non-hydrogen) atoms. The molecule has 2 heteroatoms. The number of hydrogen-bond donors (Lipinski definition) is 1. The molecule has 0 fully saturated rings. The Morgan fingerprint density at radius 2 is 2.38 bits per heavy atom. The van der Waals surface area contributed by atoms with Crippen molar-refractivity contribution in [1.29, 1.82) is 0 Å². The van der Waals surface area contributed by atoms with Crippen LogP contribution >= 0.6 is 12.6 Å². The summed E-state index contributed by atoms with van der Waals surface area (Å²) >= 11 is 3.63. The molecule has 0 aromatic heterocycles. The third-order valence-electron chi connectivity index (χ3n) is 0.398. The summed E-state index contributed by atoms with van der Waals surface area (Å²) in [5.41, 5.74) is 0. The standard InChI is InChI=1S/C6H6OS/c1-2-4-7-5-3-6-8/h8H,5H2,1H3. The van der Waals surface area contributed by atoms with Crippen LogP contribution in [0.15, 0.2) is 0 Å². The predicted molar refractivity (Wildman–Crippen MR) is 36.2 cm³/mol. The van der Waals surface area contributed by atoms with E-state index in [9.17, 15) is 0 Å². The van der Waals surface area contributed by atoms with Gasteiger partial charge in [0, 0.05) is 6.92 Å². The normalized spacial score (nSPS) is 5.25. The highest BCUT2D eigenvalue weighted by atomic mass is 32.1. The van der Waals surface area contributed by atoms with E-state index >= 15 is 0 Å². The Morgan fingerprint density at radius 1 is 1.62 bits per heavy atom. The Kier molecular flexibility index (Phi) is 5.70. The molecule has 0 bridgehead atoms. The minimum atomic E-state index is 0.338. The molecule has 0 radical (unpaired) electrons. The molecule has 0 spiro atoms. The van der Waals surface area contributed by atoms with E-state index in [4.69, 9.17) is 0 Å². The van der Waals surface area contributed by atoms with Crippen LogP contribution in [0.4, 0.5) is 0 Å². The summed E-state index contributed by atoms with van der Waals surface area (Å²) < 4.78 is 4.64. The molecule has 0 saturated heterocycles. The molecule has 0 heterocycles. The molecule has 0 saturated carbocycles. The summed E-state index contributed by atoms with van der Waals surface area (Å²) in [5.74, 6) is 5.13. The minimum absolute atomic E-state index is 0.338. The first-order valence-electron chi connectivity index (χ1n) is 2.07. The summed E-state index contributed by atoms with van der Waals surface area (Å²) in [7, 11) is 0. The fourth-order valence-electron chi connectivity index (χ4n) is 0.177. The Labute approximate surface area is 54.8 Å². The molecule has 0 rings (SSSR count). The maximum absolute atomic E-state index is 4.64. The molecule has 0 aliphatic rings. The van der Waals surface area contributed by atoms with Crippen LogP contribution in [0, 0.1) is 23.2 Å². The second kappa shape index (κ2) is 6.27. The van der Waals surface area contributed by atoms with E-state index in [2.05, 4.69) is 40.6 Å². The van der Waals surface area contributed by atoms with E-state index in [1.54, 1.807) is 6.92 Å². The Hall–Kier alpha value is -0.730. The van der Waals surface area contributed by atoms with Crippen LogP contribution in [0.3, 0.4) is 0 Å². The van der Waals surface area contributed by atoms with Gasteiger partial charge in [0.2, 0.25) is 0 Å². The number of thiol groups is 1. The topological polar surface area (TPSA) is 9.23 Å². The molecule has 0 aromatic carbocycles. The SMILES string of the molecule is CC#COCC#CS. The van der Waals surface area contributed by atoms with Crippen LogP contribution in [0.2, 0.25) is 0 Å². The van der Waals surface area contributed by atoms with Gasteiger partial charge < -0.3 is 4.74 Å². The zero-order valence-electron chi connectivity index (χ0n) is 4.56. The predicted octanol–water partition coefficient (Wildman–Crippen LogP) is 0.875. The molecule has 42 valence electrons. The molecule has 0 aliphatic carbocycles. The lowest BCUT2D eigenvalue weighted by molar-refractivity contribution is 0.328. The smallest absolute Gasteiger partial charge is 0.161 e. The van der Waals surface area contributed by atoms with E-state index < -0.39 is 0 Å². The van der Waals surface area contributed by atoms with E-state index in [-0.39, 0.29) is 0 Å². The largest absolute Gasteiger partial charge is 0.433 e. The van der Waals surface area contributed by atoms with Crippen LogP contribution in [0.5, 0.6) is 0 Å². The molecule has 0 aromatic rings. The van der Waals surface area contributed by atoms with Crippen molar-refractivity contribution in [3.63, 3.8) is 0 Å². The minimum Gasteiger partial charge on any atom is -0.433 e. The van der Waals surface area contributed by atoms with Crippen LogP contribution in [0.1, 0.15) is 6.92 Å². The first-order chi connectivity index (χ1) is 3.91. The van der Waals surface area contributed by atoms with Crippen LogP contribution < -0.4 is 0 Å². The van der Waals surface area contributed by atoms with E-state index in [0.29, 0.717) is 6.61 Å². The van der Waals surface area contributed by atoms with Gasteiger partial charge in [0.1, 0.15) is 6.11 Å². The van der Waals surface area contributed by atoms with E-state index in [0.717, 1.165) is 0 Å². The summed E-state index contributed by atoms with van der Waals surface area (Å²) in [6.07, 6.45) is 2.40. The van der Waals surface area contributed by atoms with Gasteiger partial charge in [-0.05, 0) is 11.2 Å². The quantitative estimate of drug-likeness (QED) is 0.311. The molecule has 0 aliphatic heterocycles. The molecule has 0 unspecified atom stereocenters. The molecule has 0 N–H and O–H groups in total. The van der Waals surface area contributed by atoms with Crippen molar-refractivity contribution in [2.24, 2.45) is 0 Å². The average Bonchev–Trinajstić information content (AvgIpc) is 1.81. The van der Waals surface area contributed by atoms with Gasteiger partial charge in [-0.3, -0.25) is 0 Å². The third kappa shape index (κ3) is 5.27. The van der Waals surface area contributed by atoms with Crippen molar-refractivity contribution in [3.05, 3.63) is 0 Å². The lowest BCUT2D eigenvalue weighted by atomic mass is 10.7. The summed E-state index contributed by atoms with van der Waals surface area (Å²) in [5, 5.41) is 2.38. The van der Waals surface area contributed by atoms with Crippen molar-refractivity contribution in [3.8, 4) is 23.2 Å². The molecular formula is C6H6OS. The van der Waals surface area contributed by atoms with Gasteiger partial charge in [-0.15, -0.1) is 0 Å². The Bertz CT molecular complexity index is 133. The number of ether oxygens (including phenoxy) is 1. The summed E-state index contributed by atoms with van der Waals surface area (Å²) in [6, 6.07) is 0. The second-order valence-corrected chi connectivity index (χ2v) is 1.15. The average molecular weight is 126 g/mol. The maximum Gasteiger partial charge on any atom is 0.161 e. The number of hydrogen-bond acceptors (Lipinski definition) is 2.